The molecule has 0 saturated carbocycles. The van der Waals surface area contributed by atoms with Crippen molar-refractivity contribution < 1.29 is 0 Å². The molecule has 0 bridgehead atoms. The van der Waals surface area contributed by atoms with Crippen LogP contribution in [-0.4, -0.2) is 29.5 Å². The zero-order chi connectivity index (χ0) is 25.8. The van der Waals surface area contributed by atoms with Gasteiger partial charge in [0.15, 0.2) is 0 Å². The molecule has 0 fully saturated rings. The van der Waals surface area contributed by atoms with Crippen molar-refractivity contribution in [2.24, 2.45) is 0 Å². The number of hydrogen-bond donors (Lipinski definition) is 0. The molecule has 0 unspecified atom stereocenters. The minimum Gasteiger partial charge on any atom is -0.278 e. The molecular weight excluding hydrogens is 480 g/mol. The molecule has 0 aliphatic rings. The monoisotopic (exact) mass is 500 g/mol. The van der Waals surface area contributed by atoms with E-state index in [2.05, 4.69) is 63.1 Å². The Morgan fingerprint density at radius 2 is 1.28 bits per heavy atom. The second-order valence-electron chi connectivity index (χ2n) is 9.45. The van der Waals surface area contributed by atoms with Crippen molar-refractivity contribution in [3.63, 3.8) is 0 Å². The van der Waals surface area contributed by atoms with Gasteiger partial charge in [-0.15, -0.1) is 0 Å². The van der Waals surface area contributed by atoms with Crippen LogP contribution in [0, 0.1) is 0 Å². The molecular formula is C33H20N6. The number of aromatic nitrogens is 6. The summed E-state index contributed by atoms with van der Waals surface area (Å²) in [6, 6.07) is 34.8. The van der Waals surface area contributed by atoms with E-state index < -0.39 is 0 Å². The molecule has 6 heterocycles. The van der Waals surface area contributed by atoms with Crippen LogP contribution >= 0.6 is 0 Å². The Labute approximate surface area is 223 Å². The molecule has 8 rings (SSSR count). The number of nitrogens with zero attached hydrogens (tertiary/aromatic N) is 6. The standard InChI is InChI=1S/C33H20N6/c1-2-17-34-30(10-1)39-29-16-14-23(20-25(29)24-7-5-19-36-33(24)39)26-8-3-9-27(37-26)28-15-13-22-12-11-21-6-4-18-35-31(21)32(22)38-28/h1-20H. The first-order valence-electron chi connectivity index (χ1n) is 12.8. The Hall–Kier alpha value is -5.49. The summed E-state index contributed by atoms with van der Waals surface area (Å²) in [6.45, 7) is 0. The minimum atomic E-state index is 0.819. The van der Waals surface area contributed by atoms with E-state index in [4.69, 9.17) is 15.0 Å². The van der Waals surface area contributed by atoms with Crippen molar-refractivity contribution in [3.05, 3.63) is 122 Å². The lowest BCUT2D eigenvalue weighted by atomic mass is 10.1. The highest BCUT2D eigenvalue weighted by atomic mass is 15.1. The molecule has 6 nitrogen and oxygen atoms in total. The third kappa shape index (κ3) is 3.46. The highest BCUT2D eigenvalue weighted by Crippen LogP contribution is 2.34. The van der Waals surface area contributed by atoms with Gasteiger partial charge in [0.1, 0.15) is 11.5 Å². The molecule has 6 aromatic heterocycles. The Kier molecular flexibility index (Phi) is 4.72. The van der Waals surface area contributed by atoms with E-state index in [9.17, 15) is 0 Å². The van der Waals surface area contributed by atoms with Gasteiger partial charge in [-0.2, -0.15) is 0 Å². The first-order valence-corrected chi connectivity index (χ1v) is 12.8. The molecule has 2 aromatic carbocycles. The van der Waals surface area contributed by atoms with Gasteiger partial charge in [0.2, 0.25) is 0 Å². The molecule has 182 valence electrons. The van der Waals surface area contributed by atoms with E-state index in [0.29, 0.717) is 0 Å². The fraction of sp³-hybridized carbons (Fsp3) is 0. The average molecular weight is 501 g/mol. The van der Waals surface area contributed by atoms with E-state index in [-0.39, 0.29) is 0 Å². The van der Waals surface area contributed by atoms with Gasteiger partial charge in [-0.3, -0.25) is 9.55 Å². The Balaban J connectivity index is 1.28. The Bertz CT molecular complexity index is 2180. The molecule has 0 saturated heterocycles. The lowest BCUT2D eigenvalue weighted by Gasteiger charge is -2.08. The van der Waals surface area contributed by atoms with Gasteiger partial charge in [-0.1, -0.05) is 42.5 Å². The van der Waals surface area contributed by atoms with Crippen LogP contribution in [0.4, 0.5) is 0 Å². The van der Waals surface area contributed by atoms with Crippen LogP contribution in [0.1, 0.15) is 0 Å². The van der Waals surface area contributed by atoms with Crippen LogP contribution in [0.5, 0.6) is 0 Å². The van der Waals surface area contributed by atoms with Gasteiger partial charge in [0.25, 0.3) is 0 Å². The Morgan fingerprint density at radius 3 is 2.21 bits per heavy atom. The summed E-state index contributed by atoms with van der Waals surface area (Å²) in [5.41, 5.74) is 7.27. The number of pyridine rings is 5. The average Bonchev–Trinajstić information content (AvgIpc) is 3.35. The smallest absolute Gasteiger partial charge is 0.146 e. The zero-order valence-electron chi connectivity index (χ0n) is 20.7. The lowest BCUT2D eigenvalue weighted by molar-refractivity contribution is 1.06. The first kappa shape index (κ1) is 21.6. The van der Waals surface area contributed by atoms with E-state index in [1.807, 2.05) is 67.0 Å². The molecule has 0 spiro atoms. The summed E-state index contributed by atoms with van der Waals surface area (Å²) in [7, 11) is 0. The summed E-state index contributed by atoms with van der Waals surface area (Å²) < 4.78 is 2.11. The highest BCUT2D eigenvalue weighted by molar-refractivity contribution is 6.09. The predicted octanol–water partition coefficient (Wildman–Crippen LogP) is 7.40. The molecule has 0 aliphatic heterocycles. The number of fused-ring (bicyclic) bond motifs is 6. The molecule has 0 radical (unpaired) electrons. The maximum atomic E-state index is 5.03. The van der Waals surface area contributed by atoms with Crippen LogP contribution in [0.25, 0.3) is 72.2 Å². The van der Waals surface area contributed by atoms with Gasteiger partial charge in [-0.25, -0.2) is 19.9 Å². The van der Waals surface area contributed by atoms with E-state index in [1.165, 1.54) is 0 Å². The maximum absolute atomic E-state index is 5.03. The summed E-state index contributed by atoms with van der Waals surface area (Å²) in [5, 5.41) is 4.31. The summed E-state index contributed by atoms with van der Waals surface area (Å²) in [4.78, 5) is 23.9. The SMILES string of the molecule is c1ccc(-n2c3ccc(-c4cccc(-c5ccc6ccc7cccnc7c6n5)n4)cc3c3cccnc32)nc1. The largest absolute Gasteiger partial charge is 0.278 e. The highest BCUT2D eigenvalue weighted by Gasteiger charge is 2.15. The van der Waals surface area contributed by atoms with Crippen LogP contribution in [0.15, 0.2) is 122 Å². The van der Waals surface area contributed by atoms with Crippen molar-refractivity contribution >= 4 is 43.7 Å². The molecule has 0 amide bonds. The third-order valence-electron chi connectivity index (χ3n) is 7.14. The van der Waals surface area contributed by atoms with Crippen molar-refractivity contribution in [2.75, 3.05) is 0 Å². The fourth-order valence-electron chi connectivity index (χ4n) is 5.33. The first-order chi connectivity index (χ1) is 19.3. The molecule has 0 N–H and O–H groups in total. The third-order valence-corrected chi connectivity index (χ3v) is 7.14. The van der Waals surface area contributed by atoms with E-state index in [0.717, 1.165) is 72.2 Å². The molecule has 0 aliphatic carbocycles. The van der Waals surface area contributed by atoms with Crippen molar-refractivity contribution in [3.8, 4) is 28.5 Å². The van der Waals surface area contributed by atoms with Gasteiger partial charge in [-0.05, 0) is 60.7 Å². The van der Waals surface area contributed by atoms with Gasteiger partial charge in [0, 0.05) is 45.7 Å². The number of rotatable bonds is 3. The van der Waals surface area contributed by atoms with Gasteiger partial charge < -0.3 is 0 Å². The second-order valence-corrected chi connectivity index (χ2v) is 9.45. The molecule has 39 heavy (non-hydrogen) atoms. The summed E-state index contributed by atoms with van der Waals surface area (Å²) in [6.07, 6.45) is 5.44. The van der Waals surface area contributed by atoms with Gasteiger partial charge in [0.05, 0.1) is 33.6 Å². The maximum Gasteiger partial charge on any atom is 0.146 e. The predicted molar refractivity (Wildman–Crippen MR) is 156 cm³/mol. The minimum absolute atomic E-state index is 0.819. The van der Waals surface area contributed by atoms with Crippen LogP contribution in [-0.2, 0) is 0 Å². The molecule has 6 heteroatoms. The summed E-state index contributed by atoms with van der Waals surface area (Å²) >= 11 is 0. The zero-order valence-corrected chi connectivity index (χ0v) is 20.7. The Morgan fingerprint density at radius 1 is 0.487 bits per heavy atom. The van der Waals surface area contributed by atoms with Crippen molar-refractivity contribution in [1.82, 2.24) is 29.5 Å². The van der Waals surface area contributed by atoms with Gasteiger partial charge >= 0.3 is 0 Å². The van der Waals surface area contributed by atoms with Crippen molar-refractivity contribution in [2.45, 2.75) is 0 Å². The second kappa shape index (κ2) is 8.53. The lowest BCUT2D eigenvalue weighted by Crippen LogP contribution is -1.97. The van der Waals surface area contributed by atoms with E-state index >= 15 is 0 Å². The number of benzene rings is 2. The van der Waals surface area contributed by atoms with Crippen molar-refractivity contribution in [1.29, 1.82) is 0 Å². The van der Waals surface area contributed by atoms with Crippen LogP contribution < -0.4 is 0 Å². The quantitative estimate of drug-likeness (QED) is 0.236. The molecule has 8 aromatic rings. The fourth-order valence-corrected chi connectivity index (χ4v) is 5.33. The topological polar surface area (TPSA) is 69.4 Å². The van der Waals surface area contributed by atoms with E-state index in [1.54, 1.807) is 6.20 Å². The van der Waals surface area contributed by atoms with Crippen LogP contribution in [0.3, 0.4) is 0 Å². The number of hydrogen-bond acceptors (Lipinski definition) is 5. The summed E-state index contributed by atoms with van der Waals surface area (Å²) in [5.74, 6) is 0.841. The molecule has 0 atom stereocenters. The van der Waals surface area contributed by atoms with Crippen LogP contribution in [0.2, 0.25) is 0 Å². The normalized spacial score (nSPS) is 11.6.